The van der Waals surface area contributed by atoms with Gasteiger partial charge < -0.3 is 15.3 Å². The number of hydrogen-bond acceptors (Lipinski definition) is 5. The number of rotatable bonds is 5. The van der Waals surface area contributed by atoms with Crippen molar-refractivity contribution in [2.24, 2.45) is 0 Å². The van der Waals surface area contributed by atoms with E-state index in [1.54, 1.807) is 0 Å². The van der Waals surface area contributed by atoms with E-state index in [2.05, 4.69) is 27.1 Å². The van der Waals surface area contributed by atoms with Gasteiger partial charge in [0, 0.05) is 45.5 Å². The van der Waals surface area contributed by atoms with Gasteiger partial charge in [0.25, 0.3) is 5.91 Å². The van der Waals surface area contributed by atoms with E-state index in [4.69, 9.17) is 5.11 Å². The van der Waals surface area contributed by atoms with E-state index < -0.39 is 11.9 Å². The smallest absolute Gasteiger partial charge is 0.338 e. The van der Waals surface area contributed by atoms with Crippen molar-refractivity contribution < 1.29 is 14.7 Å². The van der Waals surface area contributed by atoms with Gasteiger partial charge in [0.1, 0.15) is 5.69 Å². The van der Waals surface area contributed by atoms with E-state index in [1.807, 2.05) is 0 Å². The molecule has 0 radical (unpaired) electrons. The molecule has 0 saturated carbocycles. The van der Waals surface area contributed by atoms with Crippen molar-refractivity contribution in [1.29, 1.82) is 0 Å². The summed E-state index contributed by atoms with van der Waals surface area (Å²) in [5.74, 6) is -1.59. The first-order valence-electron chi connectivity index (χ1n) is 6.95. The number of nitrogens with one attached hydrogen (secondary N) is 1. The van der Waals surface area contributed by atoms with Crippen LogP contribution in [0.2, 0.25) is 0 Å². The van der Waals surface area contributed by atoms with Gasteiger partial charge in [0.05, 0.1) is 5.56 Å². The maximum Gasteiger partial charge on any atom is 0.338 e. The number of nitrogens with zero attached hydrogens (tertiary/aromatic N) is 3. The van der Waals surface area contributed by atoms with Crippen molar-refractivity contribution in [2.45, 2.75) is 0 Å². The second-order valence-electron chi connectivity index (χ2n) is 5.11. The van der Waals surface area contributed by atoms with Gasteiger partial charge in [0.15, 0.2) is 0 Å². The summed E-state index contributed by atoms with van der Waals surface area (Å²) in [7, 11) is 2.09. The fourth-order valence-electron chi connectivity index (χ4n) is 2.24. The molecule has 114 valence electrons. The first-order chi connectivity index (χ1) is 10.1. The number of carboxylic acids is 1. The van der Waals surface area contributed by atoms with Gasteiger partial charge in [-0.1, -0.05) is 0 Å². The maximum absolute atomic E-state index is 12.0. The van der Waals surface area contributed by atoms with E-state index in [0.29, 0.717) is 6.54 Å². The van der Waals surface area contributed by atoms with Crippen LogP contribution in [-0.4, -0.2) is 78.1 Å². The third-order valence-corrected chi connectivity index (χ3v) is 3.56. The summed E-state index contributed by atoms with van der Waals surface area (Å²) in [6, 6.07) is 2.88. The van der Waals surface area contributed by atoms with E-state index in [9.17, 15) is 9.59 Å². The van der Waals surface area contributed by atoms with Gasteiger partial charge in [-0.25, -0.2) is 4.79 Å². The molecule has 0 unspecified atom stereocenters. The molecule has 2 heterocycles. The number of likely N-dealkylation sites (N-methyl/N-ethyl adjacent to an activating group) is 1. The van der Waals surface area contributed by atoms with Crippen molar-refractivity contribution in [3.8, 4) is 0 Å². The van der Waals surface area contributed by atoms with Crippen LogP contribution in [0.4, 0.5) is 0 Å². The molecule has 1 aromatic heterocycles. The first-order valence-corrected chi connectivity index (χ1v) is 6.95. The van der Waals surface area contributed by atoms with Crippen LogP contribution in [0.25, 0.3) is 0 Å². The Morgan fingerprint density at radius 2 is 2.05 bits per heavy atom. The van der Waals surface area contributed by atoms with Crippen LogP contribution in [0.15, 0.2) is 18.3 Å². The number of amides is 1. The normalized spacial score (nSPS) is 16.6. The van der Waals surface area contributed by atoms with Crippen LogP contribution in [0.1, 0.15) is 20.8 Å². The molecular weight excluding hydrogens is 272 g/mol. The number of aromatic carboxylic acids is 1. The third-order valence-electron chi connectivity index (χ3n) is 3.56. The molecule has 7 nitrogen and oxygen atoms in total. The summed E-state index contributed by atoms with van der Waals surface area (Å²) in [4.78, 5) is 31.4. The molecule has 0 spiro atoms. The largest absolute Gasteiger partial charge is 0.478 e. The topological polar surface area (TPSA) is 85.8 Å². The van der Waals surface area contributed by atoms with Gasteiger partial charge in [-0.05, 0) is 19.2 Å². The highest BCUT2D eigenvalue weighted by molar-refractivity contribution is 6.03. The predicted molar refractivity (Wildman–Crippen MR) is 77.5 cm³/mol. The second kappa shape index (κ2) is 7.14. The molecule has 7 heteroatoms. The number of carboxylic acid groups (broad SMARTS) is 1. The van der Waals surface area contributed by atoms with Gasteiger partial charge >= 0.3 is 5.97 Å². The van der Waals surface area contributed by atoms with Gasteiger partial charge in [-0.2, -0.15) is 0 Å². The number of aromatic nitrogens is 1. The number of carbonyl (C=O) groups excluding carboxylic acids is 1. The van der Waals surface area contributed by atoms with E-state index in [0.717, 1.165) is 32.7 Å². The summed E-state index contributed by atoms with van der Waals surface area (Å²) in [6.07, 6.45) is 1.42. The van der Waals surface area contributed by atoms with Crippen LogP contribution < -0.4 is 5.32 Å². The molecular formula is C14H20N4O3. The lowest BCUT2D eigenvalue weighted by Crippen LogP contribution is -2.47. The van der Waals surface area contributed by atoms with Crippen LogP contribution in [0.3, 0.4) is 0 Å². The van der Waals surface area contributed by atoms with Gasteiger partial charge in [-0.3, -0.25) is 14.7 Å². The molecule has 2 N–H and O–H groups in total. The third kappa shape index (κ3) is 4.24. The highest BCUT2D eigenvalue weighted by Crippen LogP contribution is 2.05. The summed E-state index contributed by atoms with van der Waals surface area (Å²) < 4.78 is 0. The zero-order chi connectivity index (χ0) is 15.2. The standard InChI is InChI=1S/C14H20N4O3/c1-17-7-9-18(10-8-17)6-5-16-13(19)12-11(14(20)21)3-2-4-15-12/h2-4H,5-10H2,1H3,(H,16,19)(H,20,21). The molecule has 1 aliphatic rings. The zero-order valence-electron chi connectivity index (χ0n) is 12.1. The number of piperazine rings is 1. The Kier molecular flexibility index (Phi) is 5.24. The number of pyridine rings is 1. The number of hydrogen-bond donors (Lipinski definition) is 2. The average molecular weight is 292 g/mol. The Bertz CT molecular complexity index is 513. The first kappa shape index (κ1) is 15.4. The lowest BCUT2D eigenvalue weighted by Gasteiger charge is -2.32. The van der Waals surface area contributed by atoms with Crippen LogP contribution in [0.5, 0.6) is 0 Å². The minimum Gasteiger partial charge on any atom is -0.478 e. The van der Waals surface area contributed by atoms with Crippen molar-refractivity contribution in [3.63, 3.8) is 0 Å². The molecule has 0 bridgehead atoms. The summed E-state index contributed by atoms with van der Waals surface area (Å²) >= 11 is 0. The SMILES string of the molecule is CN1CCN(CCNC(=O)c2ncccc2C(=O)O)CC1. The van der Waals surface area contributed by atoms with Crippen molar-refractivity contribution in [3.05, 3.63) is 29.6 Å². The Balaban J connectivity index is 1.84. The molecule has 0 aliphatic carbocycles. The molecule has 0 aromatic carbocycles. The van der Waals surface area contributed by atoms with E-state index in [-0.39, 0.29) is 11.3 Å². The summed E-state index contributed by atoms with van der Waals surface area (Å²) in [6.45, 7) is 5.26. The lowest BCUT2D eigenvalue weighted by molar-refractivity contribution is 0.0689. The molecule has 1 fully saturated rings. The van der Waals surface area contributed by atoms with Gasteiger partial charge in [0.2, 0.25) is 0 Å². The minimum atomic E-state index is -1.15. The fourth-order valence-corrected chi connectivity index (χ4v) is 2.24. The zero-order valence-corrected chi connectivity index (χ0v) is 12.1. The predicted octanol–water partition coefficient (Wildman–Crippen LogP) is -0.243. The Labute approximate surface area is 123 Å². The molecule has 1 amide bonds. The minimum absolute atomic E-state index is 0.0385. The van der Waals surface area contributed by atoms with Crippen molar-refractivity contribution >= 4 is 11.9 Å². The summed E-state index contributed by atoms with van der Waals surface area (Å²) in [5, 5.41) is 11.8. The molecule has 1 aromatic rings. The van der Waals surface area contributed by atoms with Gasteiger partial charge in [-0.15, -0.1) is 0 Å². The molecule has 0 atom stereocenters. The Morgan fingerprint density at radius 1 is 1.33 bits per heavy atom. The highest BCUT2D eigenvalue weighted by Gasteiger charge is 2.18. The molecule has 2 rings (SSSR count). The lowest BCUT2D eigenvalue weighted by atomic mass is 10.2. The highest BCUT2D eigenvalue weighted by atomic mass is 16.4. The van der Waals surface area contributed by atoms with Crippen molar-refractivity contribution in [2.75, 3.05) is 46.3 Å². The molecule has 21 heavy (non-hydrogen) atoms. The van der Waals surface area contributed by atoms with Crippen LogP contribution >= 0.6 is 0 Å². The summed E-state index contributed by atoms with van der Waals surface area (Å²) in [5.41, 5.74) is -0.113. The molecule has 1 saturated heterocycles. The van der Waals surface area contributed by atoms with E-state index >= 15 is 0 Å². The maximum atomic E-state index is 12.0. The van der Waals surface area contributed by atoms with E-state index in [1.165, 1.54) is 18.3 Å². The fraction of sp³-hybridized carbons (Fsp3) is 0.500. The Hall–Kier alpha value is -1.99. The second-order valence-corrected chi connectivity index (χ2v) is 5.11. The number of carbonyl (C=O) groups is 2. The quantitative estimate of drug-likeness (QED) is 0.779. The average Bonchev–Trinajstić information content (AvgIpc) is 2.49. The van der Waals surface area contributed by atoms with Crippen LogP contribution in [-0.2, 0) is 0 Å². The van der Waals surface area contributed by atoms with Crippen LogP contribution in [0, 0.1) is 0 Å². The molecule has 1 aliphatic heterocycles. The monoisotopic (exact) mass is 292 g/mol. The van der Waals surface area contributed by atoms with Crippen molar-refractivity contribution in [1.82, 2.24) is 20.1 Å². The Morgan fingerprint density at radius 3 is 2.71 bits per heavy atom.